The SMILES string of the molecule is COc1cccc(C2CCCN2Cc2ccc(-n3cccn3)cc2)c1. The molecule has 0 saturated carbocycles. The zero-order valence-corrected chi connectivity index (χ0v) is 14.5. The van der Waals surface area contributed by atoms with E-state index in [1.165, 1.54) is 24.0 Å². The fraction of sp³-hybridized carbons (Fsp3) is 0.286. The van der Waals surface area contributed by atoms with Gasteiger partial charge >= 0.3 is 0 Å². The highest BCUT2D eigenvalue weighted by Gasteiger charge is 2.26. The second-order valence-electron chi connectivity index (χ2n) is 6.52. The van der Waals surface area contributed by atoms with Crippen LogP contribution in [0.5, 0.6) is 5.75 Å². The van der Waals surface area contributed by atoms with Crippen LogP contribution in [0.4, 0.5) is 0 Å². The van der Waals surface area contributed by atoms with Gasteiger partial charge in [0.25, 0.3) is 0 Å². The van der Waals surface area contributed by atoms with Crippen molar-refractivity contribution in [1.29, 1.82) is 0 Å². The van der Waals surface area contributed by atoms with Gasteiger partial charge in [0.05, 0.1) is 12.8 Å². The summed E-state index contributed by atoms with van der Waals surface area (Å²) in [7, 11) is 1.73. The number of aromatic nitrogens is 2. The molecule has 0 aliphatic carbocycles. The molecule has 4 nitrogen and oxygen atoms in total. The van der Waals surface area contributed by atoms with Gasteiger partial charge in [-0.2, -0.15) is 5.10 Å². The van der Waals surface area contributed by atoms with Crippen LogP contribution in [0.3, 0.4) is 0 Å². The minimum atomic E-state index is 0.473. The van der Waals surface area contributed by atoms with Crippen LogP contribution in [0, 0.1) is 0 Å². The summed E-state index contributed by atoms with van der Waals surface area (Å²) in [6.45, 7) is 2.12. The number of likely N-dealkylation sites (tertiary alicyclic amines) is 1. The summed E-state index contributed by atoms with van der Waals surface area (Å²) in [5.41, 5.74) is 3.79. The summed E-state index contributed by atoms with van der Waals surface area (Å²) < 4.78 is 7.28. The van der Waals surface area contributed by atoms with E-state index in [0.717, 1.165) is 24.5 Å². The lowest BCUT2D eigenvalue weighted by molar-refractivity contribution is 0.248. The normalized spacial score (nSPS) is 17.7. The van der Waals surface area contributed by atoms with Gasteiger partial charge in [0, 0.05) is 25.0 Å². The molecule has 1 aliphatic heterocycles. The molecule has 2 aromatic carbocycles. The van der Waals surface area contributed by atoms with Gasteiger partial charge in [0.1, 0.15) is 5.75 Å². The number of benzene rings is 2. The predicted molar refractivity (Wildman–Crippen MR) is 98.9 cm³/mol. The van der Waals surface area contributed by atoms with Crippen molar-refractivity contribution in [3.8, 4) is 11.4 Å². The fourth-order valence-electron chi connectivity index (χ4n) is 3.65. The summed E-state index contributed by atoms with van der Waals surface area (Å²) in [5, 5.41) is 4.28. The van der Waals surface area contributed by atoms with Crippen molar-refractivity contribution in [2.24, 2.45) is 0 Å². The van der Waals surface area contributed by atoms with Crippen molar-refractivity contribution in [3.63, 3.8) is 0 Å². The molecule has 0 spiro atoms. The van der Waals surface area contributed by atoms with Crippen molar-refractivity contribution < 1.29 is 4.74 Å². The first-order valence-corrected chi connectivity index (χ1v) is 8.80. The molecule has 1 aromatic heterocycles. The first-order chi connectivity index (χ1) is 12.3. The quantitative estimate of drug-likeness (QED) is 0.700. The molecule has 0 N–H and O–H groups in total. The Bertz CT molecular complexity index is 811. The summed E-state index contributed by atoms with van der Waals surface area (Å²) in [4.78, 5) is 2.57. The van der Waals surface area contributed by atoms with Gasteiger partial charge in [0.2, 0.25) is 0 Å². The van der Waals surface area contributed by atoms with Gasteiger partial charge in [-0.15, -0.1) is 0 Å². The molecule has 4 heteroatoms. The lowest BCUT2D eigenvalue weighted by atomic mass is 10.0. The van der Waals surface area contributed by atoms with Gasteiger partial charge in [-0.3, -0.25) is 4.90 Å². The first-order valence-electron chi connectivity index (χ1n) is 8.80. The predicted octanol–water partition coefficient (Wildman–Crippen LogP) is 4.22. The second kappa shape index (κ2) is 7.11. The Morgan fingerprint density at radius 2 is 2.00 bits per heavy atom. The summed E-state index contributed by atoms with van der Waals surface area (Å²) in [6.07, 6.45) is 6.22. The van der Waals surface area contributed by atoms with Crippen LogP contribution in [-0.2, 0) is 6.54 Å². The van der Waals surface area contributed by atoms with Crippen LogP contribution in [0.15, 0.2) is 67.0 Å². The summed E-state index contributed by atoms with van der Waals surface area (Å²) >= 11 is 0. The maximum Gasteiger partial charge on any atom is 0.119 e. The molecule has 0 radical (unpaired) electrons. The lowest BCUT2D eigenvalue weighted by Crippen LogP contribution is -2.22. The summed E-state index contributed by atoms with van der Waals surface area (Å²) in [6, 6.07) is 19.6. The lowest BCUT2D eigenvalue weighted by Gasteiger charge is -2.25. The van der Waals surface area contributed by atoms with E-state index in [1.807, 2.05) is 23.0 Å². The molecule has 0 bridgehead atoms. The Balaban J connectivity index is 1.49. The number of hydrogen-bond donors (Lipinski definition) is 0. The zero-order chi connectivity index (χ0) is 17.1. The van der Waals surface area contributed by atoms with Crippen LogP contribution >= 0.6 is 0 Å². The number of methoxy groups -OCH3 is 1. The summed E-state index contributed by atoms with van der Waals surface area (Å²) in [5.74, 6) is 0.938. The van der Waals surface area contributed by atoms with Gasteiger partial charge in [-0.25, -0.2) is 4.68 Å². The average molecular weight is 333 g/mol. The molecule has 1 atom stereocenters. The van der Waals surface area contributed by atoms with Crippen LogP contribution in [0.1, 0.15) is 30.0 Å². The molecular weight excluding hydrogens is 310 g/mol. The van der Waals surface area contributed by atoms with Gasteiger partial charge < -0.3 is 4.74 Å². The zero-order valence-electron chi connectivity index (χ0n) is 14.5. The standard InChI is InChI=1S/C21H23N3O/c1-25-20-6-2-5-18(15-20)21-7-3-13-23(21)16-17-8-10-19(11-9-17)24-14-4-12-22-24/h2,4-6,8-12,14-15,21H,3,7,13,16H2,1H3. The maximum absolute atomic E-state index is 5.39. The minimum Gasteiger partial charge on any atom is -0.497 e. The third-order valence-corrected chi connectivity index (χ3v) is 4.93. The largest absolute Gasteiger partial charge is 0.497 e. The molecule has 128 valence electrons. The van der Waals surface area contributed by atoms with Crippen molar-refractivity contribution in [3.05, 3.63) is 78.1 Å². The third kappa shape index (κ3) is 3.44. The molecule has 0 amide bonds. The average Bonchev–Trinajstić information content (AvgIpc) is 3.34. The van der Waals surface area contributed by atoms with Crippen LogP contribution < -0.4 is 4.74 Å². The van der Waals surface area contributed by atoms with E-state index in [0.29, 0.717) is 6.04 Å². The molecule has 1 unspecified atom stereocenters. The van der Waals surface area contributed by atoms with Gasteiger partial charge in [0.15, 0.2) is 0 Å². The highest BCUT2D eigenvalue weighted by molar-refractivity contribution is 5.34. The van der Waals surface area contributed by atoms with E-state index in [9.17, 15) is 0 Å². The molecule has 1 fully saturated rings. The first kappa shape index (κ1) is 15.9. The molecule has 3 aromatic rings. The van der Waals surface area contributed by atoms with E-state index in [-0.39, 0.29) is 0 Å². The fourth-order valence-corrected chi connectivity index (χ4v) is 3.65. The van der Waals surface area contributed by atoms with Crippen molar-refractivity contribution >= 4 is 0 Å². The maximum atomic E-state index is 5.39. The van der Waals surface area contributed by atoms with E-state index in [1.54, 1.807) is 13.3 Å². The Labute approximate surface area is 148 Å². The van der Waals surface area contributed by atoms with Crippen molar-refractivity contribution in [2.75, 3.05) is 13.7 Å². The molecule has 25 heavy (non-hydrogen) atoms. The Morgan fingerprint density at radius 1 is 1.12 bits per heavy atom. The van der Waals surface area contributed by atoms with E-state index in [4.69, 9.17) is 4.74 Å². The van der Waals surface area contributed by atoms with Crippen molar-refractivity contribution in [2.45, 2.75) is 25.4 Å². The van der Waals surface area contributed by atoms with E-state index in [2.05, 4.69) is 52.5 Å². The van der Waals surface area contributed by atoms with Gasteiger partial charge in [-0.05, 0) is 60.8 Å². The highest BCUT2D eigenvalue weighted by Crippen LogP contribution is 2.34. The Kier molecular flexibility index (Phi) is 4.53. The van der Waals surface area contributed by atoms with Crippen molar-refractivity contribution in [1.82, 2.24) is 14.7 Å². The van der Waals surface area contributed by atoms with Crippen LogP contribution in [0.25, 0.3) is 5.69 Å². The number of nitrogens with zero attached hydrogens (tertiary/aromatic N) is 3. The van der Waals surface area contributed by atoms with Crippen LogP contribution in [0.2, 0.25) is 0 Å². The molecule has 1 saturated heterocycles. The smallest absolute Gasteiger partial charge is 0.119 e. The molecule has 1 aliphatic rings. The van der Waals surface area contributed by atoms with Crippen LogP contribution in [-0.4, -0.2) is 28.3 Å². The van der Waals surface area contributed by atoms with E-state index < -0.39 is 0 Å². The topological polar surface area (TPSA) is 30.3 Å². The highest BCUT2D eigenvalue weighted by atomic mass is 16.5. The monoisotopic (exact) mass is 333 g/mol. The third-order valence-electron chi connectivity index (χ3n) is 4.93. The number of ether oxygens (including phenoxy) is 1. The Morgan fingerprint density at radius 3 is 2.76 bits per heavy atom. The number of hydrogen-bond acceptors (Lipinski definition) is 3. The Hall–Kier alpha value is -2.59. The minimum absolute atomic E-state index is 0.473. The number of rotatable bonds is 5. The second-order valence-corrected chi connectivity index (χ2v) is 6.52. The molecule has 2 heterocycles. The van der Waals surface area contributed by atoms with E-state index >= 15 is 0 Å². The molecular formula is C21H23N3O. The molecule has 4 rings (SSSR count). The van der Waals surface area contributed by atoms with Gasteiger partial charge in [-0.1, -0.05) is 24.3 Å².